The van der Waals surface area contributed by atoms with Crippen LogP contribution in [0.1, 0.15) is 23.6 Å². The molecule has 4 aromatic carbocycles. The van der Waals surface area contributed by atoms with Gasteiger partial charge in [0, 0.05) is 33.8 Å². The Kier molecular flexibility index (Phi) is 12.4. The maximum Gasteiger partial charge on any atom is 0.325 e. The Morgan fingerprint density at radius 3 is 2.45 bits per heavy atom. The van der Waals surface area contributed by atoms with Gasteiger partial charge in [0.1, 0.15) is 41.8 Å². The summed E-state index contributed by atoms with van der Waals surface area (Å²) in [6.07, 6.45) is 0. The summed E-state index contributed by atoms with van der Waals surface area (Å²) in [6, 6.07) is 24.5. The highest BCUT2D eigenvalue weighted by Gasteiger charge is 2.20. The number of rotatable bonds is 13. The molecule has 230 valence electrons. The number of carbonyl (C=O) groups excluding carboxylic acids is 1. The molecule has 0 bridgehead atoms. The number of halogens is 3. The molecular formula is C32H30BrCl2N3O5S. The van der Waals surface area contributed by atoms with Crippen molar-refractivity contribution in [3.05, 3.63) is 105 Å². The van der Waals surface area contributed by atoms with E-state index in [1.807, 2.05) is 48.5 Å². The lowest BCUT2D eigenvalue weighted by Gasteiger charge is -2.19. The Morgan fingerprint density at radius 2 is 1.68 bits per heavy atom. The highest BCUT2D eigenvalue weighted by molar-refractivity contribution is 9.10. The van der Waals surface area contributed by atoms with Crippen molar-refractivity contribution in [2.45, 2.75) is 32.7 Å². The molecule has 0 spiro atoms. The van der Waals surface area contributed by atoms with Gasteiger partial charge in [0.05, 0.1) is 30.0 Å². The minimum atomic E-state index is -0.897. The third kappa shape index (κ3) is 8.06. The predicted molar refractivity (Wildman–Crippen MR) is 179 cm³/mol. The van der Waals surface area contributed by atoms with Crippen molar-refractivity contribution in [3.63, 3.8) is 0 Å². The number of aliphatic hydroxyl groups is 1. The smallest absolute Gasteiger partial charge is 0.325 e. The first-order chi connectivity index (χ1) is 21.0. The van der Waals surface area contributed by atoms with Crippen LogP contribution in [-0.2, 0) is 29.3 Å². The van der Waals surface area contributed by atoms with Gasteiger partial charge in [-0.2, -0.15) is 8.75 Å². The molecule has 1 atom stereocenters. The average Bonchev–Trinajstić information content (AvgIpc) is 3.51. The summed E-state index contributed by atoms with van der Waals surface area (Å²) in [5.41, 5.74) is 6.24. The molecule has 2 N–H and O–H groups in total. The number of aromatic nitrogens is 2. The Bertz CT molecular complexity index is 1710. The Hall–Kier alpha value is -3.25. The minimum Gasteiger partial charge on any atom is -0.488 e. The highest BCUT2D eigenvalue weighted by atomic mass is 79.9. The van der Waals surface area contributed by atoms with Crippen LogP contribution < -0.4 is 14.8 Å². The quantitative estimate of drug-likeness (QED) is 0.122. The fourth-order valence-corrected chi connectivity index (χ4v) is 5.90. The Labute approximate surface area is 279 Å². The second kappa shape index (κ2) is 16.2. The molecule has 5 aromatic rings. The molecule has 0 saturated carbocycles. The summed E-state index contributed by atoms with van der Waals surface area (Å²) in [4.78, 5) is 12.2. The summed E-state index contributed by atoms with van der Waals surface area (Å²) < 4.78 is 27.2. The van der Waals surface area contributed by atoms with E-state index in [4.69, 9.17) is 25.8 Å². The van der Waals surface area contributed by atoms with Gasteiger partial charge in [0.25, 0.3) is 0 Å². The van der Waals surface area contributed by atoms with E-state index in [0.717, 1.165) is 49.5 Å². The van der Waals surface area contributed by atoms with Gasteiger partial charge in [-0.25, -0.2) is 0 Å². The number of nitrogens with zero attached hydrogens (tertiary/aromatic N) is 2. The number of aliphatic hydroxyl groups excluding tert-OH is 1. The van der Waals surface area contributed by atoms with Crippen molar-refractivity contribution >= 4 is 68.7 Å². The number of esters is 1. The van der Waals surface area contributed by atoms with Gasteiger partial charge in [0.2, 0.25) is 0 Å². The molecular weight excluding hydrogens is 689 g/mol. The first-order valence-electron chi connectivity index (χ1n) is 13.6. The fourth-order valence-electron chi connectivity index (χ4n) is 4.48. The minimum absolute atomic E-state index is 0. The molecule has 1 unspecified atom stereocenters. The lowest BCUT2D eigenvalue weighted by atomic mass is 10.0. The second-order valence-corrected chi connectivity index (χ2v) is 11.3. The van der Waals surface area contributed by atoms with Crippen molar-refractivity contribution in [2.24, 2.45) is 0 Å². The zero-order valence-corrected chi connectivity index (χ0v) is 27.6. The predicted octanol–water partition coefficient (Wildman–Crippen LogP) is 7.37. The topological polar surface area (TPSA) is 103 Å². The van der Waals surface area contributed by atoms with E-state index in [1.54, 1.807) is 19.1 Å². The summed E-state index contributed by atoms with van der Waals surface area (Å²) in [6.45, 7) is 2.18. The average molecular weight is 719 g/mol. The van der Waals surface area contributed by atoms with Crippen LogP contribution in [0.3, 0.4) is 0 Å². The van der Waals surface area contributed by atoms with Crippen LogP contribution in [0.25, 0.3) is 22.2 Å². The van der Waals surface area contributed by atoms with Crippen LogP contribution >= 0.6 is 51.7 Å². The van der Waals surface area contributed by atoms with Crippen molar-refractivity contribution in [1.82, 2.24) is 14.1 Å². The van der Waals surface area contributed by atoms with Gasteiger partial charge in [-0.05, 0) is 46.1 Å². The SMILES string of the molecule is CCOC(=O)C(CO)NCc1cc(Cl)c(OCc2cccc(-c3ccccc3)c2Br)cc1OCc1cccc2nsnc12.Cl. The Morgan fingerprint density at radius 1 is 0.955 bits per heavy atom. The molecule has 0 radical (unpaired) electrons. The largest absolute Gasteiger partial charge is 0.488 e. The number of hydrogen-bond acceptors (Lipinski definition) is 9. The molecule has 0 amide bonds. The molecule has 0 aliphatic rings. The normalized spacial score (nSPS) is 11.5. The molecule has 0 saturated heterocycles. The Balaban J connectivity index is 0.00000442. The number of fused-ring (bicyclic) bond motifs is 1. The first kappa shape index (κ1) is 33.6. The van der Waals surface area contributed by atoms with E-state index in [1.165, 1.54) is 0 Å². The molecule has 5 rings (SSSR count). The monoisotopic (exact) mass is 717 g/mol. The van der Waals surface area contributed by atoms with E-state index < -0.39 is 18.6 Å². The summed E-state index contributed by atoms with van der Waals surface area (Å²) in [5.74, 6) is 0.407. The second-order valence-electron chi connectivity index (χ2n) is 9.53. The lowest BCUT2D eigenvalue weighted by molar-refractivity contribution is -0.146. The van der Waals surface area contributed by atoms with Crippen LogP contribution in [0.4, 0.5) is 0 Å². The fraction of sp³-hybridized carbons (Fsp3) is 0.219. The van der Waals surface area contributed by atoms with Crippen LogP contribution in [0.5, 0.6) is 11.5 Å². The zero-order chi connectivity index (χ0) is 30.2. The molecule has 12 heteroatoms. The third-order valence-electron chi connectivity index (χ3n) is 6.71. The first-order valence-corrected chi connectivity index (χ1v) is 15.5. The number of nitrogens with one attached hydrogen (secondary N) is 1. The molecule has 44 heavy (non-hydrogen) atoms. The van der Waals surface area contributed by atoms with E-state index in [0.29, 0.717) is 22.1 Å². The van der Waals surface area contributed by atoms with Crippen molar-refractivity contribution < 1.29 is 24.1 Å². The number of benzene rings is 4. The van der Waals surface area contributed by atoms with Gasteiger partial charge >= 0.3 is 5.97 Å². The van der Waals surface area contributed by atoms with E-state index in [-0.39, 0.29) is 38.8 Å². The maximum atomic E-state index is 12.2. The standard InChI is InChI=1S/C32H29BrClN3O5S.ClH/c1-2-40-32(39)27(17-38)35-16-23-14-25(34)29(15-28(23)41-19-22-11-7-13-26-31(22)37-43-36-26)42-18-21-10-6-12-24(30(21)33)20-8-4-3-5-9-20;/h3-15,27,35,38H,2,16-19H2,1H3;1H. The van der Waals surface area contributed by atoms with Crippen LogP contribution in [0.2, 0.25) is 5.02 Å². The van der Waals surface area contributed by atoms with Crippen molar-refractivity contribution in [1.29, 1.82) is 0 Å². The third-order valence-corrected chi connectivity index (χ3v) is 8.48. The van der Waals surface area contributed by atoms with Crippen LogP contribution in [0.15, 0.2) is 83.3 Å². The van der Waals surface area contributed by atoms with Crippen molar-refractivity contribution in [2.75, 3.05) is 13.2 Å². The summed E-state index contributed by atoms with van der Waals surface area (Å²) in [5, 5.41) is 13.2. The number of carbonyl (C=O) groups is 1. The van der Waals surface area contributed by atoms with Gasteiger partial charge in [-0.1, -0.05) is 72.3 Å². The number of ether oxygens (including phenoxy) is 3. The lowest BCUT2D eigenvalue weighted by Crippen LogP contribution is -2.40. The molecule has 0 aliphatic carbocycles. The van der Waals surface area contributed by atoms with Gasteiger partial charge in [0.15, 0.2) is 0 Å². The van der Waals surface area contributed by atoms with Crippen LogP contribution in [-0.4, -0.2) is 39.1 Å². The van der Waals surface area contributed by atoms with E-state index >= 15 is 0 Å². The molecule has 0 aliphatic heterocycles. The van der Waals surface area contributed by atoms with Gasteiger partial charge in [-0.3, -0.25) is 10.1 Å². The molecule has 1 aromatic heterocycles. The molecule has 0 fully saturated rings. The maximum absolute atomic E-state index is 12.2. The molecule has 8 nitrogen and oxygen atoms in total. The van der Waals surface area contributed by atoms with Gasteiger partial charge in [-0.15, -0.1) is 12.4 Å². The highest BCUT2D eigenvalue weighted by Crippen LogP contribution is 2.36. The van der Waals surface area contributed by atoms with Crippen molar-refractivity contribution in [3.8, 4) is 22.6 Å². The van der Waals surface area contributed by atoms with E-state index in [9.17, 15) is 9.90 Å². The number of hydrogen-bond donors (Lipinski definition) is 2. The summed E-state index contributed by atoms with van der Waals surface area (Å²) >= 11 is 11.6. The molecule has 1 heterocycles. The zero-order valence-electron chi connectivity index (χ0n) is 23.7. The van der Waals surface area contributed by atoms with Crippen LogP contribution in [0, 0.1) is 0 Å². The van der Waals surface area contributed by atoms with E-state index in [2.05, 4.69) is 48.2 Å². The van der Waals surface area contributed by atoms with Gasteiger partial charge < -0.3 is 19.3 Å². The summed E-state index contributed by atoms with van der Waals surface area (Å²) in [7, 11) is 0.